The zero-order valence-electron chi connectivity index (χ0n) is 11.3. The number of carbonyl (C=O) groups is 1. The number of amides is 1. The third-order valence-corrected chi connectivity index (χ3v) is 3.83. The van der Waals surface area contributed by atoms with E-state index in [-0.39, 0.29) is 29.1 Å². The molecule has 1 amide bonds. The van der Waals surface area contributed by atoms with E-state index < -0.39 is 0 Å². The summed E-state index contributed by atoms with van der Waals surface area (Å²) in [6.45, 7) is 2.57. The van der Waals surface area contributed by atoms with Gasteiger partial charge in [0.05, 0.1) is 0 Å². The van der Waals surface area contributed by atoms with Crippen molar-refractivity contribution in [2.45, 2.75) is 44.7 Å². The second-order valence-corrected chi connectivity index (χ2v) is 5.07. The molecule has 0 saturated heterocycles. The highest BCUT2D eigenvalue weighted by Gasteiger charge is 2.28. The Morgan fingerprint density at radius 1 is 1.42 bits per heavy atom. The number of carbonyl (C=O) groups excluding carboxylic acids is 1. The van der Waals surface area contributed by atoms with Gasteiger partial charge in [0, 0.05) is 24.8 Å². The minimum absolute atomic E-state index is 0.176. The summed E-state index contributed by atoms with van der Waals surface area (Å²) in [4.78, 5) is 28.5. The number of hydrogen-bond donors (Lipinski definition) is 2. The van der Waals surface area contributed by atoms with Crippen molar-refractivity contribution in [1.29, 1.82) is 0 Å². The summed E-state index contributed by atoms with van der Waals surface area (Å²) in [5.74, 6) is -0.176. The van der Waals surface area contributed by atoms with E-state index in [0.717, 1.165) is 25.7 Å². The standard InChI is InChI=1S/C14H21N3O2/c1-2-17(11-7-5-10(15)6-8-11)14(19)12-4-3-9-16-13(12)18/h3-4,9-11H,2,5-8,15H2,1H3,(H,16,18). The SMILES string of the molecule is CCN(C(=O)c1ccc[nH]c1=O)C1CCC(N)CC1. The molecule has 19 heavy (non-hydrogen) atoms. The number of hydrogen-bond acceptors (Lipinski definition) is 3. The first-order chi connectivity index (χ1) is 9.13. The first-order valence-corrected chi connectivity index (χ1v) is 6.87. The molecule has 1 fully saturated rings. The molecule has 5 heteroatoms. The molecule has 3 N–H and O–H groups in total. The lowest BCUT2D eigenvalue weighted by Crippen LogP contribution is -2.45. The Labute approximate surface area is 112 Å². The normalized spacial score (nSPS) is 23.1. The highest BCUT2D eigenvalue weighted by molar-refractivity contribution is 5.94. The predicted octanol–water partition coefficient (Wildman–Crippen LogP) is 1.11. The van der Waals surface area contributed by atoms with Gasteiger partial charge in [-0.2, -0.15) is 0 Å². The van der Waals surface area contributed by atoms with E-state index in [4.69, 9.17) is 5.73 Å². The number of nitrogens with one attached hydrogen (secondary N) is 1. The van der Waals surface area contributed by atoms with Gasteiger partial charge < -0.3 is 15.6 Å². The molecule has 0 atom stereocenters. The zero-order chi connectivity index (χ0) is 13.8. The molecule has 1 aliphatic rings. The molecular formula is C14H21N3O2. The van der Waals surface area contributed by atoms with Gasteiger partial charge in [-0.05, 0) is 44.7 Å². The van der Waals surface area contributed by atoms with Crippen molar-refractivity contribution in [1.82, 2.24) is 9.88 Å². The molecule has 1 saturated carbocycles. The molecule has 1 heterocycles. The molecule has 0 radical (unpaired) electrons. The van der Waals surface area contributed by atoms with Crippen LogP contribution in [-0.4, -0.2) is 34.4 Å². The highest BCUT2D eigenvalue weighted by atomic mass is 16.2. The van der Waals surface area contributed by atoms with Crippen LogP contribution in [0.3, 0.4) is 0 Å². The summed E-state index contributed by atoms with van der Waals surface area (Å²) in [5, 5.41) is 0. The molecule has 1 aromatic heterocycles. The lowest BCUT2D eigenvalue weighted by atomic mass is 9.90. The van der Waals surface area contributed by atoms with Gasteiger partial charge in [-0.25, -0.2) is 0 Å². The predicted molar refractivity (Wildman–Crippen MR) is 74.0 cm³/mol. The average molecular weight is 263 g/mol. The van der Waals surface area contributed by atoms with Crippen molar-refractivity contribution < 1.29 is 4.79 Å². The topological polar surface area (TPSA) is 79.2 Å². The van der Waals surface area contributed by atoms with Crippen LogP contribution in [0.4, 0.5) is 0 Å². The van der Waals surface area contributed by atoms with Crippen molar-refractivity contribution in [2.75, 3.05) is 6.54 Å². The van der Waals surface area contributed by atoms with Gasteiger partial charge in [-0.1, -0.05) is 0 Å². The first kappa shape index (κ1) is 13.8. The Kier molecular flexibility index (Phi) is 4.37. The van der Waals surface area contributed by atoms with Crippen LogP contribution in [0.2, 0.25) is 0 Å². The van der Waals surface area contributed by atoms with E-state index in [1.807, 2.05) is 6.92 Å². The second-order valence-electron chi connectivity index (χ2n) is 5.07. The minimum atomic E-state index is -0.321. The quantitative estimate of drug-likeness (QED) is 0.857. The number of aromatic nitrogens is 1. The molecule has 2 rings (SSSR count). The molecule has 104 valence electrons. The number of nitrogens with zero attached hydrogens (tertiary/aromatic N) is 1. The average Bonchev–Trinajstić information content (AvgIpc) is 2.42. The zero-order valence-corrected chi connectivity index (χ0v) is 11.3. The molecule has 0 bridgehead atoms. The smallest absolute Gasteiger partial charge is 0.260 e. The largest absolute Gasteiger partial charge is 0.336 e. The lowest BCUT2D eigenvalue weighted by molar-refractivity contribution is 0.0639. The Balaban J connectivity index is 2.16. The minimum Gasteiger partial charge on any atom is -0.336 e. The van der Waals surface area contributed by atoms with Crippen LogP contribution in [0.1, 0.15) is 43.0 Å². The maximum atomic E-state index is 12.5. The van der Waals surface area contributed by atoms with Crippen LogP contribution in [0, 0.1) is 0 Å². The van der Waals surface area contributed by atoms with Crippen LogP contribution < -0.4 is 11.3 Å². The molecular weight excluding hydrogens is 242 g/mol. The van der Waals surface area contributed by atoms with Crippen LogP contribution in [0.5, 0.6) is 0 Å². The van der Waals surface area contributed by atoms with Crippen molar-refractivity contribution >= 4 is 5.91 Å². The van der Waals surface area contributed by atoms with Gasteiger partial charge in [-0.3, -0.25) is 9.59 Å². The maximum absolute atomic E-state index is 12.5. The molecule has 0 unspecified atom stereocenters. The van der Waals surface area contributed by atoms with Crippen LogP contribution >= 0.6 is 0 Å². The third kappa shape index (κ3) is 3.04. The first-order valence-electron chi connectivity index (χ1n) is 6.87. The Morgan fingerprint density at radius 2 is 2.11 bits per heavy atom. The highest BCUT2D eigenvalue weighted by Crippen LogP contribution is 2.22. The molecule has 1 aliphatic carbocycles. The van der Waals surface area contributed by atoms with Crippen molar-refractivity contribution in [2.24, 2.45) is 5.73 Å². The van der Waals surface area contributed by atoms with Crippen molar-refractivity contribution in [3.05, 3.63) is 34.2 Å². The summed E-state index contributed by atoms with van der Waals surface area (Å²) >= 11 is 0. The van der Waals surface area contributed by atoms with Crippen LogP contribution in [-0.2, 0) is 0 Å². The molecule has 0 aliphatic heterocycles. The van der Waals surface area contributed by atoms with Crippen molar-refractivity contribution in [3.8, 4) is 0 Å². The number of pyridine rings is 1. The van der Waals surface area contributed by atoms with E-state index >= 15 is 0 Å². The van der Waals surface area contributed by atoms with Crippen LogP contribution in [0.25, 0.3) is 0 Å². The van der Waals surface area contributed by atoms with Gasteiger partial charge in [0.25, 0.3) is 11.5 Å². The molecule has 0 spiro atoms. The maximum Gasteiger partial charge on any atom is 0.260 e. The van der Waals surface area contributed by atoms with E-state index in [2.05, 4.69) is 4.98 Å². The summed E-state index contributed by atoms with van der Waals surface area (Å²) in [6.07, 6.45) is 5.27. The number of rotatable bonds is 3. The Hall–Kier alpha value is -1.62. The third-order valence-electron chi connectivity index (χ3n) is 3.83. The number of H-pyrrole nitrogens is 1. The summed E-state index contributed by atoms with van der Waals surface area (Å²) < 4.78 is 0. The van der Waals surface area contributed by atoms with E-state index in [1.165, 1.54) is 6.20 Å². The monoisotopic (exact) mass is 263 g/mol. The van der Waals surface area contributed by atoms with Gasteiger partial charge in [-0.15, -0.1) is 0 Å². The Bertz CT molecular complexity index is 489. The van der Waals surface area contributed by atoms with Crippen molar-refractivity contribution in [3.63, 3.8) is 0 Å². The summed E-state index contributed by atoms with van der Waals surface area (Å²) in [6, 6.07) is 3.72. The Morgan fingerprint density at radius 3 is 2.68 bits per heavy atom. The fourth-order valence-corrected chi connectivity index (χ4v) is 2.73. The fraction of sp³-hybridized carbons (Fsp3) is 0.571. The van der Waals surface area contributed by atoms with Gasteiger partial charge in [0.15, 0.2) is 0 Å². The van der Waals surface area contributed by atoms with Gasteiger partial charge in [0.2, 0.25) is 0 Å². The number of nitrogens with two attached hydrogens (primary N) is 1. The molecule has 5 nitrogen and oxygen atoms in total. The fourth-order valence-electron chi connectivity index (χ4n) is 2.73. The van der Waals surface area contributed by atoms with E-state index in [1.54, 1.807) is 17.0 Å². The van der Waals surface area contributed by atoms with E-state index in [0.29, 0.717) is 6.54 Å². The lowest BCUT2D eigenvalue weighted by Gasteiger charge is -2.35. The summed E-state index contributed by atoms with van der Waals surface area (Å²) in [7, 11) is 0. The van der Waals surface area contributed by atoms with Gasteiger partial charge in [0.1, 0.15) is 5.56 Å². The van der Waals surface area contributed by atoms with E-state index in [9.17, 15) is 9.59 Å². The van der Waals surface area contributed by atoms with Gasteiger partial charge >= 0.3 is 0 Å². The summed E-state index contributed by atoms with van der Waals surface area (Å²) in [5.41, 5.74) is 5.79. The number of aromatic amines is 1. The second kappa shape index (κ2) is 6.02. The molecule has 1 aromatic rings. The van der Waals surface area contributed by atoms with Crippen LogP contribution in [0.15, 0.2) is 23.1 Å². The molecule has 0 aromatic carbocycles.